The van der Waals surface area contributed by atoms with Crippen LogP contribution in [0.25, 0.3) is 0 Å². The molecule has 1 atom stereocenters. The van der Waals surface area contributed by atoms with Gasteiger partial charge in [-0.15, -0.1) is 11.8 Å². The lowest BCUT2D eigenvalue weighted by Crippen LogP contribution is -2.10. The van der Waals surface area contributed by atoms with Gasteiger partial charge in [0.2, 0.25) is 0 Å². The highest BCUT2D eigenvalue weighted by Crippen LogP contribution is 2.26. The third kappa shape index (κ3) is 2.92. The summed E-state index contributed by atoms with van der Waals surface area (Å²) in [5.41, 5.74) is 0. The van der Waals surface area contributed by atoms with Crippen molar-refractivity contribution in [1.82, 2.24) is 5.32 Å². The molecule has 0 saturated carbocycles. The first-order valence-corrected chi connectivity index (χ1v) is 6.03. The van der Waals surface area contributed by atoms with Gasteiger partial charge >= 0.3 is 0 Å². The Kier molecular flexibility index (Phi) is 3.59. The van der Waals surface area contributed by atoms with Gasteiger partial charge in [0, 0.05) is 10.6 Å². The second kappa shape index (κ2) is 4.94. The third-order valence-electron chi connectivity index (χ3n) is 2.53. The molecular formula is C11H13F2NS. The summed E-state index contributed by atoms with van der Waals surface area (Å²) < 4.78 is 26.1. The van der Waals surface area contributed by atoms with Crippen molar-refractivity contribution < 1.29 is 8.78 Å². The SMILES string of the molecule is Fc1ccc(F)c(SC[C@H]2CCNC2)c1. The Morgan fingerprint density at radius 2 is 2.27 bits per heavy atom. The number of halogens is 2. The van der Waals surface area contributed by atoms with Crippen LogP contribution in [0.3, 0.4) is 0 Å². The molecule has 15 heavy (non-hydrogen) atoms. The Morgan fingerprint density at radius 3 is 3.00 bits per heavy atom. The molecule has 0 amide bonds. The van der Waals surface area contributed by atoms with Crippen molar-refractivity contribution >= 4 is 11.8 Å². The highest BCUT2D eigenvalue weighted by atomic mass is 32.2. The summed E-state index contributed by atoms with van der Waals surface area (Å²) in [5.74, 6) is 0.737. The minimum atomic E-state index is -0.372. The van der Waals surface area contributed by atoms with Crippen molar-refractivity contribution in [1.29, 1.82) is 0 Å². The number of rotatable bonds is 3. The van der Waals surface area contributed by atoms with E-state index < -0.39 is 0 Å². The van der Waals surface area contributed by atoms with Crippen LogP contribution in [-0.2, 0) is 0 Å². The first-order chi connectivity index (χ1) is 7.25. The number of thioether (sulfide) groups is 1. The molecule has 1 aromatic rings. The van der Waals surface area contributed by atoms with E-state index >= 15 is 0 Å². The van der Waals surface area contributed by atoms with Crippen molar-refractivity contribution in [3.05, 3.63) is 29.8 Å². The lowest BCUT2D eigenvalue weighted by atomic mass is 10.2. The van der Waals surface area contributed by atoms with E-state index in [2.05, 4.69) is 5.32 Å². The van der Waals surface area contributed by atoms with Gasteiger partial charge in [0.1, 0.15) is 11.6 Å². The van der Waals surface area contributed by atoms with E-state index in [0.717, 1.165) is 31.3 Å². The lowest BCUT2D eigenvalue weighted by Gasteiger charge is -2.08. The van der Waals surface area contributed by atoms with E-state index in [0.29, 0.717) is 10.8 Å². The molecule has 0 bridgehead atoms. The smallest absolute Gasteiger partial charge is 0.136 e. The monoisotopic (exact) mass is 229 g/mol. The Hall–Kier alpha value is -0.610. The molecule has 1 aliphatic heterocycles. The van der Waals surface area contributed by atoms with E-state index in [9.17, 15) is 8.78 Å². The molecule has 4 heteroatoms. The molecule has 1 aliphatic rings. The highest BCUT2D eigenvalue weighted by Gasteiger charge is 2.15. The molecule has 82 valence electrons. The van der Waals surface area contributed by atoms with Crippen LogP contribution in [-0.4, -0.2) is 18.8 Å². The van der Waals surface area contributed by atoms with Crippen LogP contribution in [0.1, 0.15) is 6.42 Å². The highest BCUT2D eigenvalue weighted by molar-refractivity contribution is 7.99. The number of benzene rings is 1. The topological polar surface area (TPSA) is 12.0 Å². The zero-order chi connectivity index (χ0) is 10.7. The maximum atomic E-state index is 13.2. The molecule has 1 fully saturated rings. The average molecular weight is 229 g/mol. The van der Waals surface area contributed by atoms with Gasteiger partial charge in [0.15, 0.2) is 0 Å². The molecule has 0 unspecified atom stereocenters. The lowest BCUT2D eigenvalue weighted by molar-refractivity contribution is 0.576. The summed E-state index contributed by atoms with van der Waals surface area (Å²) in [4.78, 5) is 0.418. The number of hydrogen-bond donors (Lipinski definition) is 1. The molecule has 0 spiro atoms. The van der Waals surface area contributed by atoms with E-state index in [1.807, 2.05) is 0 Å². The second-order valence-corrected chi connectivity index (χ2v) is 4.81. The molecule has 1 N–H and O–H groups in total. The van der Waals surface area contributed by atoms with Crippen molar-refractivity contribution in [3.8, 4) is 0 Å². The van der Waals surface area contributed by atoms with Gasteiger partial charge in [-0.05, 0) is 43.6 Å². The average Bonchev–Trinajstić information content (AvgIpc) is 2.72. The third-order valence-corrected chi connectivity index (χ3v) is 3.79. The van der Waals surface area contributed by atoms with Gasteiger partial charge in [-0.3, -0.25) is 0 Å². The van der Waals surface area contributed by atoms with Crippen LogP contribution in [0, 0.1) is 17.6 Å². The van der Waals surface area contributed by atoms with Gasteiger partial charge in [0.05, 0.1) is 0 Å². The Morgan fingerprint density at radius 1 is 1.40 bits per heavy atom. The van der Waals surface area contributed by atoms with Crippen LogP contribution in [0.5, 0.6) is 0 Å². The fourth-order valence-corrected chi connectivity index (χ4v) is 2.75. The summed E-state index contributed by atoms with van der Waals surface area (Å²) in [7, 11) is 0. The van der Waals surface area contributed by atoms with Gasteiger partial charge in [-0.25, -0.2) is 8.78 Å². The fraction of sp³-hybridized carbons (Fsp3) is 0.455. The Labute approximate surface area is 92.3 Å². The number of nitrogens with one attached hydrogen (secondary N) is 1. The largest absolute Gasteiger partial charge is 0.316 e. The van der Waals surface area contributed by atoms with Crippen molar-refractivity contribution in [2.45, 2.75) is 11.3 Å². The van der Waals surface area contributed by atoms with E-state index in [1.165, 1.54) is 23.9 Å². The van der Waals surface area contributed by atoms with Crippen molar-refractivity contribution in [3.63, 3.8) is 0 Å². The normalized spacial score (nSPS) is 20.8. The van der Waals surface area contributed by atoms with Crippen LogP contribution < -0.4 is 5.32 Å². The summed E-state index contributed by atoms with van der Waals surface area (Å²) >= 11 is 1.40. The molecule has 2 rings (SSSR count). The summed E-state index contributed by atoms with van der Waals surface area (Å²) in [6.45, 7) is 2.03. The maximum absolute atomic E-state index is 13.2. The molecule has 1 nitrogen and oxygen atoms in total. The summed E-state index contributed by atoms with van der Waals surface area (Å²) in [6.07, 6.45) is 1.13. The van der Waals surface area contributed by atoms with Crippen LogP contribution in [0.2, 0.25) is 0 Å². The Balaban J connectivity index is 1.94. The first-order valence-electron chi connectivity index (χ1n) is 5.04. The first kappa shape index (κ1) is 10.9. The molecule has 0 aromatic heterocycles. The zero-order valence-electron chi connectivity index (χ0n) is 8.30. The van der Waals surface area contributed by atoms with Crippen molar-refractivity contribution in [2.24, 2.45) is 5.92 Å². The molecule has 1 saturated heterocycles. The van der Waals surface area contributed by atoms with Crippen molar-refractivity contribution in [2.75, 3.05) is 18.8 Å². The van der Waals surface area contributed by atoms with Gasteiger partial charge in [0.25, 0.3) is 0 Å². The zero-order valence-corrected chi connectivity index (χ0v) is 9.12. The maximum Gasteiger partial charge on any atom is 0.136 e. The second-order valence-electron chi connectivity index (χ2n) is 3.74. The van der Waals surface area contributed by atoms with Crippen LogP contribution >= 0.6 is 11.8 Å². The summed E-state index contributed by atoms with van der Waals surface area (Å²) in [5, 5.41) is 3.25. The van der Waals surface area contributed by atoms with Crippen LogP contribution in [0.15, 0.2) is 23.1 Å². The standard InChI is InChI=1S/C11H13F2NS/c12-9-1-2-10(13)11(5-9)15-7-8-3-4-14-6-8/h1-2,5,8,14H,3-4,6-7H2/t8-/m0/s1. The fourth-order valence-electron chi connectivity index (χ4n) is 1.65. The van der Waals surface area contributed by atoms with Gasteiger partial charge < -0.3 is 5.32 Å². The molecule has 1 aromatic carbocycles. The van der Waals surface area contributed by atoms with E-state index in [1.54, 1.807) is 0 Å². The minimum Gasteiger partial charge on any atom is -0.316 e. The summed E-state index contributed by atoms with van der Waals surface area (Å²) in [6, 6.07) is 3.60. The number of hydrogen-bond acceptors (Lipinski definition) is 2. The van der Waals surface area contributed by atoms with E-state index in [-0.39, 0.29) is 11.6 Å². The van der Waals surface area contributed by atoms with Gasteiger partial charge in [-0.1, -0.05) is 0 Å². The van der Waals surface area contributed by atoms with Gasteiger partial charge in [-0.2, -0.15) is 0 Å². The molecular weight excluding hydrogens is 216 g/mol. The quantitative estimate of drug-likeness (QED) is 0.800. The molecule has 1 heterocycles. The predicted molar refractivity (Wildman–Crippen MR) is 58.1 cm³/mol. The van der Waals surface area contributed by atoms with E-state index in [4.69, 9.17) is 0 Å². The predicted octanol–water partition coefficient (Wildman–Crippen LogP) is 2.67. The molecule has 0 radical (unpaired) electrons. The van der Waals surface area contributed by atoms with Crippen LogP contribution in [0.4, 0.5) is 8.78 Å². The Bertz CT molecular complexity index is 337. The molecule has 0 aliphatic carbocycles. The minimum absolute atomic E-state index is 0.327.